The number of amides is 2. The molecule has 7 nitrogen and oxygen atoms in total. The minimum absolute atomic E-state index is 0.0411. The second-order valence-corrected chi connectivity index (χ2v) is 8.33. The molecule has 0 aliphatic rings. The van der Waals surface area contributed by atoms with Crippen LogP contribution in [0, 0.1) is 6.92 Å². The van der Waals surface area contributed by atoms with Crippen molar-refractivity contribution in [1.82, 2.24) is 16.2 Å². The quantitative estimate of drug-likeness (QED) is 0.351. The molecular formula is C20H21Br2N3O4S. The van der Waals surface area contributed by atoms with E-state index in [-0.39, 0.29) is 11.7 Å². The van der Waals surface area contributed by atoms with E-state index in [4.69, 9.17) is 21.7 Å². The maximum atomic E-state index is 12.2. The van der Waals surface area contributed by atoms with Gasteiger partial charge in [0.2, 0.25) is 0 Å². The maximum Gasteiger partial charge on any atom is 0.276 e. The molecule has 0 saturated heterocycles. The van der Waals surface area contributed by atoms with Gasteiger partial charge in [0.1, 0.15) is 11.5 Å². The van der Waals surface area contributed by atoms with Crippen molar-refractivity contribution in [1.29, 1.82) is 0 Å². The summed E-state index contributed by atoms with van der Waals surface area (Å²) in [4.78, 5) is 24.2. The Bertz CT molecular complexity index is 900. The van der Waals surface area contributed by atoms with E-state index in [9.17, 15) is 9.59 Å². The number of hydrazine groups is 1. The van der Waals surface area contributed by atoms with Crippen LogP contribution < -0.4 is 25.6 Å². The zero-order chi connectivity index (χ0) is 22.1. The van der Waals surface area contributed by atoms with Gasteiger partial charge in [0, 0.05) is 10.0 Å². The third-order valence-electron chi connectivity index (χ3n) is 3.67. The molecule has 10 heteroatoms. The van der Waals surface area contributed by atoms with Crippen LogP contribution in [0.5, 0.6) is 11.5 Å². The summed E-state index contributed by atoms with van der Waals surface area (Å²) in [7, 11) is 0. The van der Waals surface area contributed by atoms with Crippen LogP contribution in [0.15, 0.2) is 45.3 Å². The molecule has 0 aliphatic carbocycles. The summed E-state index contributed by atoms with van der Waals surface area (Å²) in [5, 5.41) is 2.44. The Labute approximate surface area is 197 Å². The van der Waals surface area contributed by atoms with Gasteiger partial charge in [-0.3, -0.25) is 25.8 Å². The second-order valence-electron chi connectivity index (χ2n) is 6.15. The molecule has 0 unspecified atom stereocenters. The first-order valence-corrected chi connectivity index (χ1v) is 11.0. The smallest absolute Gasteiger partial charge is 0.276 e. The number of carbonyl (C=O) groups excluding carboxylic acids is 2. The number of carbonyl (C=O) groups is 2. The zero-order valence-corrected chi connectivity index (χ0v) is 20.4. The molecule has 30 heavy (non-hydrogen) atoms. The van der Waals surface area contributed by atoms with Crippen LogP contribution in [0.4, 0.5) is 0 Å². The van der Waals surface area contributed by atoms with E-state index < -0.39 is 11.8 Å². The van der Waals surface area contributed by atoms with E-state index in [1.54, 1.807) is 24.3 Å². The van der Waals surface area contributed by atoms with Gasteiger partial charge in [0.05, 0.1) is 11.1 Å². The molecule has 3 N–H and O–H groups in total. The van der Waals surface area contributed by atoms with Crippen LogP contribution in [-0.2, 0) is 4.79 Å². The number of halogens is 2. The molecule has 0 heterocycles. The number of thiocarbonyl (C=S) groups is 1. The minimum atomic E-state index is -0.460. The first-order valence-electron chi connectivity index (χ1n) is 9.01. The summed E-state index contributed by atoms with van der Waals surface area (Å²) in [5.41, 5.74) is 6.13. The highest BCUT2D eigenvalue weighted by Gasteiger charge is 2.11. The minimum Gasteiger partial charge on any atom is -0.494 e. The van der Waals surface area contributed by atoms with Gasteiger partial charge in [-0.1, -0.05) is 22.9 Å². The van der Waals surface area contributed by atoms with Crippen LogP contribution in [0.25, 0.3) is 0 Å². The number of aryl methyl sites for hydroxylation is 1. The Balaban J connectivity index is 1.77. The molecule has 2 rings (SSSR count). The Morgan fingerprint density at radius 2 is 1.77 bits per heavy atom. The average molecular weight is 559 g/mol. The van der Waals surface area contributed by atoms with Crippen molar-refractivity contribution in [3.8, 4) is 11.5 Å². The van der Waals surface area contributed by atoms with Crippen molar-refractivity contribution < 1.29 is 19.1 Å². The maximum absolute atomic E-state index is 12.2. The predicted octanol–water partition coefficient (Wildman–Crippen LogP) is 4.02. The third kappa shape index (κ3) is 7.58. The van der Waals surface area contributed by atoms with Crippen LogP contribution in [0.3, 0.4) is 0 Å². The Hall–Kier alpha value is -2.17. The molecule has 0 aromatic heterocycles. The van der Waals surface area contributed by atoms with E-state index >= 15 is 0 Å². The van der Waals surface area contributed by atoms with Gasteiger partial charge >= 0.3 is 0 Å². The second kappa shape index (κ2) is 11.9. The summed E-state index contributed by atoms with van der Waals surface area (Å²) in [6, 6.07) is 10.4. The highest BCUT2D eigenvalue weighted by Crippen LogP contribution is 2.32. The van der Waals surface area contributed by atoms with E-state index in [1.807, 2.05) is 26.0 Å². The highest BCUT2D eigenvalue weighted by atomic mass is 79.9. The molecule has 2 aromatic carbocycles. The molecule has 2 aromatic rings. The van der Waals surface area contributed by atoms with Gasteiger partial charge in [-0.15, -0.1) is 0 Å². The van der Waals surface area contributed by atoms with Gasteiger partial charge < -0.3 is 9.47 Å². The number of ether oxygens (including phenoxy) is 2. The molecule has 0 radical (unpaired) electrons. The molecule has 0 bridgehead atoms. The van der Waals surface area contributed by atoms with Crippen LogP contribution in [0.2, 0.25) is 0 Å². The van der Waals surface area contributed by atoms with E-state index in [0.29, 0.717) is 23.7 Å². The lowest BCUT2D eigenvalue weighted by Gasteiger charge is -2.13. The molecule has 0 aliphatic heterocycles. The summed E-state index contributed by atoms with van der Waals surface area (Å²) in [6.07, 6.45) is 0.902. The van der Waals surface area contributed by atoms with Gasteiger partial charge in [0.25, 0.3) is 11.8 Å². The number of hydrogen-bond donors (Lipinski definition) is 3. The summed E-state index contributed by atoms with van der Waals surface area (Å²) in [5.74, 6) is 0.386. The molecule has 2 amide bonds. The van der Waals surface area contributed by atoms with Gasteiger partial charge in [-0.25, -0.2) is 0 Å². The van der Waals surface area contributed by atoms with Crippen molar-refractivity contribution in [3.05, 3.63) is 56.5 Å². The van der Waals surface area contributed by atoms with Crippen LogP contribution >= 0.6 is 44.1 Å². The van der Waals surface area contributed by atoms with Crippen molar-refractivity contribution in [3.63, 3.8) is 0 Å². The predicted molar refractivity (Wildman–Crippen MR) is 126 cm³/mol. The molecule has 160 valence electrons. The summed E-state index contributed by atoms with van der Waals surface area (Å²) < 4.78 is 12.6. The number of nitrogens with one attached hydrogen (secondary N) is 3. The number of hydrogen-bond acceptors (Lipinski definition) is 5. The monoisotopic (exact) mass is 557 g/mol. The fraction of sp³-hybridized carbons (Fsp3) is 0.250. The Kier molecular flexibility index (Phi) is 9.54. The molecule has 0 fully saturated rings. The van der Waals surface area contributed by atoms with E-state index in [0.717, 1.165) is 20.9 Å². The Morgan fingerprint density at radius 1 is 1.07 bits per heavy atom. The van der Waals surface area contributed by atoms with Gasteiger partial charge in [0.15, 0.2) is 11.7 Å². The lowest BCUT2D eigenvalue weighted by molar-refractivity contribution is -0.123. The summed E-state index contributed by atoms with van der Waals surface area (Å²) >= 11 is 11.8. The van der Waals surface area contributed by atoms with E-state index in [1.165, 1.54) is 0 Å². The van der Waals surface area contributed by atoms with E-state index in [2.05, 4.69) is 48.0 Å². The molecule has 0 spiro atoms. The Morgan fingerprint density at radius 3 is 2.40 bits per heavy atom. The largest absolute Gasteiger partial charge is 0.494 e. The van der Waals surface area contributed by atoms with Crippen molar-refractivity contribution >= 4 is 61.0 Å². The van der Waals surface area contributed by atoms with Crippen LogP contribution in [-0.4, -0.2) is 30.1 Å². The molecular weight excluding hydrogens is 538 g/mol. The fourth-order valence-electron chi connectivity index (χ4n) is 2.30. The first kappa shape index (κ1) is 24.1. The number of benzene rings is 2. The zero-order valence-electron chi connectivity index (χ0n) is 16.4. The normalized spacial score (nSPS) is 10.1. The lowest BCUT2D eigenvalue weighted by Crippen LogP contribution is -2.49. The van der Waals surface area contributed by atoms with Crippen molar-refractivity contribution in [2.45, 2.75) is 20.3 Å². The summed E-state index contributed by atoms with van der Waals surface area (Å²) in [6.45, 7) is 4.26. The SMILES string of the molecule is CCCOc1ccc(C(=O)NC(=S)NNC(=O)COc2c(C)cc(Br)cc2Br)cc1. The fourth-order valence-corrected chi connectivity index (χ4v) is 4.00. The highest BCUT2D eigenvalue weighted by molar-refractivity contribution is 9.11. The molecule has 0 saturated carbocycles. The lowest BCUT2D eigenvalue weighted by atomic mass is 10.2. The van der Waals surface area contributed by atoms with Gasteiger partial charge in [-0.2, -0.15) is 0 Å². The first-order chi connectivity index (χ1) is 14.3. The molecule has 0 atom stereocenters. The van der Waals surface area contributed by atoms with Crippen molar-refractivity contribution in [2.75, 3.05) is 13.2 Å². The van der Waals surface area contributed by atoms with Crippen molar-refractivity contribution in [2.24, 2.45) is 0 Å². The van der Waals surface area contributed by atoms with Crippen LogP contribution in [0.1, 0.15) is 29.3 Å². The average Bonchev–Trinajstić information content (AvgIpc) is 2.70. The standard InChI is InChI=1S/C20H21Br2N3O4S/c1-3-8-28-15-6-4-13(5-7-15)19(27)23-20(30)25-24-17(26)11-29-18-12(2)9-14(21)10-16(18)22/h4-7,9-10H,3,8,11H2,1-2H3,(H,24,26)(H2,23,25,27,30). The third-order valence-corrected chi connectivity index (χ3v) is 4.92. The number of rotatable bonds is 7. The van der Waals surface area contributed by atoms with Gasteiger partial charge in [-0.05, 0) is 83.5 Å². The topological polar surface area (TPSA) is 88.7 Å².